The van der Waals surface area contributed by atoms with Gasteiger partial charge in [0.05, 0.1) is 6.54 Å². The van der Waals surface area contributed by atoms with Crippen molar-refractivity contribution in [2.75, 3.05) is 20.1 Å². The molecule has 8 nitrogen and oxygen atoms in total. The predicted molar refractivity (Wildman–Crippen MR) is 122 cm³/mol. The predicted octanol–water partition coefficient (Wildman–Crippen LogP) is 2.23. The minimum absolute atomic E-state index is 0.0764. The van der Waals surface area contributed by atoms with Gasteiger partial charge >= 0.3 is 0 Å². The lowest BCUT2D eigenvalue weighted by Crippen LogP contribution is -2.38. The number of amides is 1. The zero-order valence-electron chi connectivity index (χ0n) is 18.2. The third-order valence-electron chi connectivity index (χ3n) is 4.77. The van der Waals surface area contributed by atoms with Crippen LogP contribution < -0.4 is 16.0 Å². The van der Waals surface area contributed by atoms with E-state index in [9.17, 15) is 4.79 Å². The van der Waals surface area contributed by atoms with Crippen LogP contribution in [-0.4, -0.2) is 46.5 Å². The molecule has 0 spiro atoms. The highest BCUT2D eigenvalue weighted by Gasteiger charge is 2.05. The van der Waals surface area contributed by atoms with E-state index >= 15 is 0 Å². The molecule has 0 aliphatic rings. The van der Waals surface area contributed by atoms with Gasteiger partial charge in [-0.1, -0.05) is 18.2 Å². The summed E-state index contributed by atoms with van der Waals surface area (Å²) in [5, 5.41) is 9.26. The van der Waals surface area contributed by atoms with Gasteiger partial charge in [0.25, 0.3) is 5.91 Å². The fourth-order valence-electron chi connectivity index (χ4n) is 3.12. The second-order valence-corrected chi connectivity index (χ2v) is 7.02. The molecule has 31 heavy (non-hydrogen) atoms. The van der Waals surface area contributed by atoms with Crippen molar-refractivity contribution in [1.29, 1.82) is 0 Å². The normalized spacial score (nSPS) is 11.3. The Morgan fingerprint density at radius 1 is 1.13 bits per heavy atom. The summed E-state index contributed by atoms with van der Waals surface area (Å²) in [6, 6.07) is 11.7. The molecule has 0 bridgehead atoms. The van der Waals surface area contributed by atoms with Crippen LogP contribution in [-0.2, 0) is 13.0 Å². The van der Waals surface area contributed by atoms with E-state index in [-0.39, 0.29) is 5.91 Å². The molecule has 0 radical (unpaired) electrons. The van der Waals surface area contributed by atoms with Crippen molar-refractivity contribution in [1.82, 2.24) is 30.5 Å². The SMILES string of the molecule is CCNC(=NCc1ccc(-n2ccnc2C)nc1)NCCc1cccc(C(=O)NC)c1. The molecule has 0 fully saturated rings. The highest BCUT2D eigenvalue weighted by atomic mass is 16.1. The summed E-state index contributed by atoms with van der Waals surface area (Å²) in [5.41, 5.74) is 2.79. The first-order chi connectivity index (χ1) is 15.1. The van der Waals surface area contributed by atoms with Crippen LogP contribution in [0.4, 0.5) is 0 Å². The van der Waals surface area contributed by atoms with E-state index < -0.39 is 0 Å². The lowest BCUT2D eigenvalue weighted by atomic mass is 10.1. The maximum absolute atomic E-state index is 11.8. The van der Waals surface area contributed by atoms with Crippen molar-refractivity contribution >= 4 is 11.9 Å². The van der Waals surface area contributed by atoms with E-state index in [1.807, 2.05) is 67.2 Å². The van der Waals surface area contributed by atoms with Crippen LogP contribution in [0.1, 0.15) is 34.2 Å². The van der Waals surface area contributed by atoms with Crippen LogP contribution in [0.25, 0.3) is 5.82 Å². The Labute approximate surface area is 182 Å². The number of pyridine rings is 1. The summed E-state index contributed by atoms with van der Waals surface area (Å²) in [4.78, 5) is 25.2. The number of carbonyl (C=O) groups excluding carboxylic acids is 1. The van der Waals surface area contributed by atoms with Crippen molar-refractivity contribution in [3.63, 3.8) is 0 Å². The zero-order chi connectivity index (χ0) is 22.1. The minimum atomic E-state index is -0.0764. The van der Waals surface area contributed by atoms with Crippen LogP contribution in [0.15, 0.2) is 60.0 Å². The molecular formula is C23H29N7O. The fourth-order valence-corrected chi connectivity index (χ4v) is 3.12. The van der Waals surface area contributed by atoms with Gasteiger partial charge in [-0.25, -0.2) is 15.0 Å². The molecule has 0 saturated carbocycles. The fraction of sp³-hybridized carbons (Fsp3) is 0.304. The number of hydrogen-bond donors (Lipinski definition) is 3. The van der Waals surface area contributed by atoms with E-state index in [1.165, 1.54) is 0 Å². The monoisotopic (exact) mass is 419 g/mol. The van der Waals surface area contributed by atoms with Crippen LogP contribution in [0, 0.1) is 6.92 Å². The van der Waals surface area contributed by atoms with Crippen LogP contribution in [0.5, 0.6) is 0 Å². The first-order valence-electron chi connectivity index (χ1n) is 10.4. The van der Waals surface area contributed by atoms with Gasteiger partial charge in [0.2, 0.25) is 0 Å². The third-order valence-corrected chi connectivity index (χ3v) is 4.77. The number of aromatic nitrogens is 3. The third kappa shape index (κ3) is 6.15. The summed E-state index contributed by atoms with van der Waals surface area (Å²) in [6.45, 7) is 5.99. The molecule has 0 aliphatic heterocycles. The van der Waals surface area contributed by atoms with Crippen molar-refractivity contribution in [3.8, 4) is 5.82 Å². The second-order valence-electron chi connectivity index (χ2n) is 7.02. The molecule has 0 aliphatic carbocycles. The summed E-state index contributed by atoms with van der Waals surface area (Å²) in [6.07, 6.45) is 6.29. The number of rotatable bonds is 8. The molecular weight excluding hydrogens is 390 g/mol. The highest BCUT2D eigenvalue weighted by molar-refractivity contribution is 5.94. The van der Waals surface area contributed by atoms with E-state index in [4.69, 9.17) is 0 Å². The molecule has 1 aromatic carbocycles. The Hall–Kier alpha value is -3.68. The summed E-state index contributed by atoms with van der Waals surface area (Å²) < 4.78 is 1.94. The number of aryl methyl sites for hydroxylation is 1. The van der Waals surface area contributed by atoms with Gasteiger partial charge < -0.3 is 16.0 Å². The number of imidazole rings is 1. The Bertz CT molecular complexity index is 1020. The molecule has 0 unspecified atom stereocenters. The lowest BCUT2D eigenvalue weighted by molar-refractivity contribution is 0.0963. The van der Waals surface area contributed by atoms with Crippen LogP contribution >= 0.6 is 0 Å². The minimum Gasteiger partial charge on any atom is -0.357 e. The number of hydrogen-bond acceptors (Lipinski definition) is 4. The van der Waals surface area contributed by atoms with E-state index in [2.05, 4.69) is 30.9 Å². The number of guanidine groups is 1. The van der Waals surface area contributed by atoms with Crippen molar-refractivity contribution < 1.29 is 4.79 Å². The van der Waals surface area contributed by atoms with Gasteiger partial charge in [-0.3, -0.25) is 9.36 Å². The van der Waals surface area contributed by atoms with Gasteiger partial charge in [0.15, 0.2) is 5.96 Å². The maximum atomic E-state index is 11.8. The standard InChI is InChI=1S/C23H29N7O/c1-4-25-23(27-11-10-18-6-5-7-20(14-18)22(31)24-3)29-16-19-8-9-21(28-15-19)30-13-12-26-17(30)2/h5-9,12-15H,4,10-11,16H2,1-3H3,(H,24,31)(H2,25,27,29). The number of nitrogens with one attached hydrogen (secondary N) is 3. The van der Waals surface area contributed by atoms with Crippen LogP contribution in [0.2, 0.25) is 0 Å². The molecule has 2 heterocycles. The smallest absolute Gasteiger partial charge is 0.251 e. The zero-order valence-corrected chi connectivity index (χ0v) is 18.2. The van der Waals surface area contributed by atoms with Gasteiger partial charge in [-0.05, 0) is 49.6 Å². The molecule has 8 heteroatoms. The second kappa shape index (κ2) is 10.9. The first-order valence-corrected chi connectivity index (χ1v) is 10.4. The summed E-state index contributed by atoms with van der Waals surface area (Å²) >= 11 is 0. The highest BCUT2D eigenvalue weighted by Crippen LogP contribution is 2.09. The molecule has 2 aromatic heterocycles. The number of benzene rings is 1. The Morgan fingerprint density at radius 3 is 2.68 bits per heavy atom. The Kier molecular flexibility index (Phi) is 7.75. The van der Waals surface area contributed by atoms with Crippen molar-refractivity contribution in [2.45, 2.75) is 26.8 Å². The molecule has 162 valence electrons. The molecule has 3 rings (SSSR count). The van der Waals surface area contributed by atoms with Crippen molar-refractivity contribution in [2.24, 2.45) is 4.99 Å². The average molecular weight is 420 g/mol. The van der Waals surface area contributed by atoms with Gasteiger partial charge in [-0.2, -0.15) is 0 Å². The Balaban J connectivity index is 1.56. The molecule has 3 aromatic rings. The topological polar surface area (TPSA) is 96.2 Å². The van der Waals surface area contributed by atoms with Gasteiger partial charge in [0.1, 0.15) is 11.6 Å². The first kappa shape index (κ1) is 22.0. The number of aliphatic imine (C=N–C) groups is 1. The summed E-state index contributed by atoms with van der Waals surface area (Å²) in [5.74, 6) is 2.41. The van der Waals surface area contributed by atoms with Crippen molar-refractivity contribution in [3.05, 3.63) is 77.5 Å². The molecule has 0 atom stereocenters. The maximum Gasteiger partial charge on any atom is 0.251 e. The van der Waals surface area contributed by atoms with Crippen LogP contribution in [0.3, 0.4) is 0 Å². The summed E-state index contributed by atoms with van der Waals surface area (Å²) in [7, 11) is 1.64. The van der Waals surface area contributed by atoms with E-state index in [0.29, 0.717) is 18.7 Å². The molecule has 3 N–H and O–H groups in total. The number of nitrogens with zero attached hydrogens (tertiary/aromatic N) is 4. The lowest BCUT2D eigenvalue weighted by Gasteiger charge is -2.12. The Morgan fingerprint density at radius 2 is 2.00 bits per heavy atom. The van der Waals surface area contributed by atoms with Gasteiger partial charge in [-0.15, -0.1) is 0 Å². The molecule has 0 saturated heterocycles. The number of carbonyl (C=O) groups is 1. The molecule has 1 amide bonds. The average Bonchev–Trinajstić information content (AvgIpc) is 3.23. The quantitative estimate of drug-likeness (QED) is 0.384. The van der Waals surface area contributed by atoms with E-state index in [0.717, 1.165) is 41.7 Å². The van der Waals surface area contributed by atoms with E-state index in [1.54, 1.807) is 13.2 Å². The largest absolute Gasteiger partial charge is 0.357 e. The van der Waals surface area contributed by atoms with Gasteiger partial charge in [0, 0.05) is 44.3 Å².